The lowest BCUT2D eigenvalue weighted by atomic mass is 9.97. The van der Waals surface area contributed by atoms with Crippen molar-refractivity contribution in [1.82, 2.24) is 5.32 Å². The highest BCUT2D eigenvalue weighted by atomic mass is 19.1. The third-order valence-corrected chi connectivity index (χ3v) is 3.32. The third-order valence-electron chi connectivity index (χ3n) is 3.32. The van der Waals surface area contributed by atoms with Gasteiger partial charge in [-0.2, -0.15) is 0 Å². The van der Waals surface area contributed by atoms with Crippen molar-refractivity contribution in [2.24, 2.45) is 0 Å². The normalized spacial score (nSPS) is 18.1. The van der Waals surface area contributed by atoms with Gasteiger partial charge >= 0.3 is 0 Å². The van der Waals surface area contributed by atoms with E-state index in [4.69, 9.17) is 0 Å². The van der Waals surface area contributed by atoms with Gasteiger partial charge in [-0.3, -0.25) is 0 Å². The number of aryl methyl sites for hydroxylation is 1. The molecule has 0 amide bonds. The van der Waals surface area contributed by atoms with Crippen molar-refractivity contribution in [2.75, 3.05) is 0 Å². The molecular formula is C15H14FN. The number of fused-ring (bicyclic) bond motifs is 1. The first-order chi connectivity index (χ1) is 8.25. The van der Waals surface area contributed by atoms with Gasteiger partial charge < -0.3 is 5.32 Å². The molecular weight excluding hydrogens is 213 g/mol. The van der Waals surface area contributed by atoms with Crippen LogP contribution in [0.5, 0.6) is 0 Å². The van der Waals surface area contributed by atoms with Crippen molar-refractivity contribution in [2.45, 2.75) is 19.5 Å². The first-order valence-electron chi connectivity index (χ1n) is 5.83. The van der Waals surface area contributed by atoms with Crippen molar-refractivity contribution in [3.63, 3.8) is 0 Å². The Labute approximate surface area is 100 Å². The standard InChI is InChI=1S/C15H14FN/c1-10-6-7-12-11(8-10)9-17-15(12)13-4-2-3-5-14(13)16/h2-8,15,17H,9H2,1H3. The second-order valence-electron chi connectivity index (χ2n) is 4.54. The third kappa shape index (κ3) is 1.75. The molecule has 1 unspecified atom stereocenters. The van der Waals surface area contributed by atoms with Crippen LogP contribution >= 0.6 is 0 Å². The molecule has 2 aromatic carbocycles. The zero-order valence-electron chi connectivity index (χ0n) is 9.70. The minimum absolute atomic E-state index is 0.00759. The van der Waals surface area contributed by atoms with E-state index in [0.717, 1.165) is 12.1 Å². The van der Waals surface area contributed by atoms with Gasteiger partial charge in [0.15, 0.2) is 0 Å². The Morgan fingerprint density at radius 2 is 1.94 bits per heavy atom. The van der Waals surface area contributed by atoms with Crippen LogP contribution in [-0.2, 0) is 6.54 Å². The summed E-state index contributed by atoms with van der Waals surface area (Å²) in [6.07, 6.45) is 0. The van der Waals surface area contributed by atoms with Gasteiger partial charge in [-0.05, 0) is 24.1 Å². The summed E-state index contributed by atoms with van der Waals surface area (Å²) in [7, 11) is 0. The van der Waals surface area contributed by atoms with Crippen LogP contribution in [0.3, 0.4) is 0 Å². The Morgan fingerprint density at radius 1 is 1.12 bits per heavy atom. The summed E-state index contributed by atoms with van der Waals surface area (Å²) in [5.74, 6) is -0.140. The first-order valence-corrected chi connectivity index (χ1v) is 5.83. The van der Waals surface area contributed by atoms with Gasteiger partial charge in [0.1, 0.15) is 5.82 Å². The largest absolute Gasteiger partial charge is 0.302 e. The molecule has 0 saturated heterocycles. The summed E-state index contributed by atoms with van der Waals surface area (Å²) in [5.41, 5.74) is 4.45. The van der Waals surface area contributed by atoms with Crippen LogP contribution in [0, 0.1) is 12.7 Å². The molecule has 86 valence electrons. The fourth-order valence-electron chi connectivity index (χ4n) is 2.48. The second kappa shape index (κ2) is 3.97. The molecule has 1 heterocycles. The van der Waals surface area contributed by atoms with Gasteiger partial charge in [0, 0.05) is 12.1 Å². The molecule has 3 rings (SSSR count). The molecule has 0 radical (unpaired) electrons. The van der Waals surface area contributed by atoms with Gasteiger partial charge in [0.25, 0.3) is 0 Å². The Bertz CT molecular complexity index is 563. The van der Waals surface area contributed by atoms with Crippen LogP contribution in [-0.4, -0.2) is 0 Å². The van der Waals surface area contributed by atoms with Crippen LogP contribution in [0.2, 0.25) is 0 Å². The summed E-state index contributed by atoms with van der Waals surface area (Å²) in [6, 6.07) is 13.3. The molecule has 0 aromatic heterocycles. The van der Waals surface area contributed by atoms with Crippen molar-refractivity contribution in [3.05, 3.63) is 70.5 Å². The minimum atomic E-state index is -0.140. The van der Waals surface area contributed by atoms with E-state index in [1.165, 1.54) is 22.8 Å². The van der Waals surface area contributed by atoms with Crippen molar-refractivity contribution < 1.29 is 4.39 Å². The van der Waals surface area contributed by atoms with Crippen LogP contribution in [0.1, 0.15) is 28.3 Å². The number of rotatable bonds is 1. The average molecular weight is 227 g/mol. The Balaban J connectivity index is 2.07. The molecule has 1 nitrogen and oxygen atoms in total. The quantitative estimate of drug-likeness (QED) is 0.788. The fraction of sp³-hybridized carbons (Fsp3) is 0.200. The lowest BCUT2D eigenvalue weighted by molar-refractivity contribution is 0.573. The highest BCUT2D eigenvalue weighted by Crippen LogP contribution is 2.32. The minimum Gasteiger partial charge on any atom is -0.302 e. The van der Waals surface area contributed by atoms with E-state index in [2.05, 4.69) is 30.4 Å². The SMILES string of the molecule is Cc1ccc2c(c1)CNC2c1ccccc1F. The number of nitrogens with one attached hydrogen (secondary N) is 1. The summed E-state index contributed by atoms with van der Waals surface area (Å²) in [6.45, 7) is 2.90. The molecule has 2 aromatic rings. The zero-order valence-corrected chi connectivity index (χ0v) is 9.70. The Morgan fingerprint density at radius 3 is 2.76 bits per heavy atom. The number of benzene rings is 2. The highest BCUT2D eigenvalue weighted by molar-refractivity contribution is 5.43. The fourth-order valence-corrected chi connectivity index (χ4v) is 2.48. The predicted molar refractivity (Wildman–Crippen MR) is 66.3 cm³/mol. The van der Waals surface area contributed by atoms with Gasteiger partial charge in [-0.25, -0.2) is 4.39 Å². The highest BCUT2D eigenvalue weighted by Gasteiger charge is 2.24. The van der Waals surface area contributed by atoms with E-state index in [1.54, 1.807) is 6.07 Å². The molecule has 0 bridgehead atoms. The molecule has 1 N–H and O–H groups in total. The van der Waals surface area contributed by atoms with Crippen LogP contribution in [0.15, 0.2) is 42.5 Å². The summed E-state index contributed by atoms with van der Waals surface area (Å²) < 4.78 is 13.8. The van der Waals surface area contributed by atoms with Crippen LogP contribution in [0.25, 0.3) is 0 Å². The van der Waals surface area contributed by atoms with E-state index in [0.29, 0.717) is 0 Å². The molecule has 1 aliphatic rings. The van der Waals surface area contributed by atoms with Crippen molar-refractivity contribution in [1.29, 1.82) is 0 Å². The lowest BCUT2D eigenvalue weighted by Gasteiger charge is -2.13. The van der Waals surface area contributed by atoms with E-state index in [1.807, 2.05) is 12.1 Å². The number of hydrogen-bond donors (Lipinski definition) is 1. The zero-order chi connectivity index (χ0) is 11.8. The second-order valence-corrected chi connectivity index (χ2v) is 4.54. The monoisotopic (exact) mass is 227 g/mol. The van der Waals surface area contributed by atoms with E-state index < -0.39 is 0 Å². The van der Waals surface area contributed by atoms with E-state index in [-0.39, 0.29) is 11.9 Å². The predicted octanol–water partition coefficient (Wildman–Crippen LogP) is 3.33. The lowest BCUT2D eigenvalue weighted by Crippen LogP contribution is -2.14. The maximum Gasteiger partial charge on any atom is 0.128 e. The maximum atomic E-state index is 13.8. The number of hydrogen-bond acceptors (Lipinski definition) is 1. The molecule has 0 spiro atoms. The molecule has 0 saturated carbocycles. The maximum absolute atomic E-state index is 13.8. The topological polar surface area (TPSA) is 12.0 Å². The molecule has 1 aliphatic heterocycles. The van der Waals surface area contributed by atoms with Gasteiger partial charge in [0.2, 0.25) is 0 Å². The van der Waals surface area contributed by atoms with Crippen molar-refractivity contribution in [3.8, 4) is 0 Å². The molecule has 0 aliphatic carbocycles. The first kappa shape index (κ1) is 10.5. The van der Waals surface area contributed by atoms with Crippen LogP contribution in [0.4, 0.5) is 4.39 Å². The summed E-state index contributed by atoms with van der Waals surface area (Å²) >= 11 is 0. The molecule has 0 fully saturated rings. The summed E-state index contributed by atoms with van der Waals surface area (Å²) in [5, 5.41) is 3.37. The van der Waals surface area contributed by atoms with Gasteiger partial charge in [0.05, 0.1) is 6.04 Å². The smallest absolute Gasteiger partial charge is 0.128 e. The molecule has 1 atom stereocenters. The van der Waals surface area contributed by atoms with E-state index >= 15 is 0 Å². The molecule has 17 heavy (non-hydrogen) atoms. The van der Waals surface area contributed by atoms with Gasteiger partial charge in [-0.1, -0.05) is 42.0 Å². The summed E-state index contributed by atoms with van der Waals surface area (Å²) in [4.78, 5) is 0. The average Bonchev–Trinajstić information content (AvgIpc) is 2.72. The van der Waals surface area contributed by atoms with Crippen LogP contribution < -0.4 is 5.32 Å². The number of halogens is 1. The Kier molecular flexibility index (Phi) is 2.45. The van der Waals surface area contributed by atoms with Crippen molar-refractivity contribution >= 4 is 0 Å². The molecule has 2 heteroatoms. The Hall–Kier alpha value is -1.67. The van der Waals surface area contributed by atoms with Gasteiger partial charge in [-0.15, -0.1) is 0 Å². The van der Waals surface area contributed by atoms with E-state index in [9.17, 15) is 4.39 Å².